The van der Waals surface area contributed by atoms with Crippen molar-refractivity contribution < 1.29 is 23.5 Å². The second-order valence-corrected chi connectivity index (χ2v) is 17.4. The number of rotatable bonds is 5. The van der Waals surface area contributed by atoms with Gasteiger partial charge in [-0.1, -0.05) is 58.1 Å². The molecule has 2 bridgehead atoms. The molecule has 2 heterocycles. The molecule has 2 fully saturated rings. The van der Waals surface area contributed by atoms with Gasteiger partial charge in [0.25, 0.3) is 0 Å². The van der Waals surface area contributed by atoms with Gasteiger partial charge in [-0.2, -0.15) is 0 Å². The van der Waals surface area contributed by atoms with E-state index in [9.17, 15) is 14.4 Å². The molecule has 5 rings (SSSR count). The van der Waals surface area contributed by atoms with E-state index in [1.165, 1.54) is 7.11 Å². The monoisotopic (exact) mass is 507 g/mol. The van der Waals surface area contributed by atoms with Crippen molar-refractivity contribution in [2.75, 3.05) is 20.3 Å². The van der Waals surface area contributed by atoms with Crippen molar-refractivity contribution >= 4 is 32.1 Å². The molecule has 0 N–H and O–H groups in total. The zero-order chi connectivity index (χ0) is 26.4. The number of hydrogen-bond acceptors (Lipinski definition) is 5. The van der Waals surface area contributed by atoms with E-state index in [1.807, 2.05) is 30.0 Å². The first-order valence-corrected chi connectivity index (χ1v) is 15.7. The van der Waals surface area contributed by atoms with Gasteiger partial charge in [0.15, 0.2) is 19.5 Å². The Balaban J connectivity index is 1.72. The first-order valence-electron chi connectivity index (χ1n) is 12.8. The molecule has 4 atom stereocenters. The molecule has 4 aliphatic rings. The fraction of sp³-hybridized carbons (Fsp3) is 0.552. The number of ether oxygens (including phenoxy) is 1. The highest BCUT2D eigenvalue weighted by Crippen LogP contribution is 2.65. The van der Waals surface area contributed by atoms with E-state index in [-0.39, 0.29) is 41.7 Å². The molecule has 1 aromatic carbocycles. The van der Waals surface area contributed by atoms with Gasteiger partial charge in [-0.3, -0.25) is 14.4 Å². The summed E-state index contributed by atoms with van der Waals surface area (Å²) in [5.74, 6) is -0.686. The zero-order valence-corrected chi connectivity index (χ0v) is 23.5. The van der Waals surface area contributed by atoms with E-state index in [2.05, 4.69) is 40.4 Å². The Kier molecular flexibility index (Phi) is 5.41. The smallest absolute Gasteiger partial charge is 0.322 e. The van der Waals surface area contributed by atoms with Gasteiger partial charge >= 0.3 is 5.97 Å². The van der Waals surface area contributed by atoms with Crippen LogP contribution in [0.3, 0.4) is 0 Å². The number of methoxy groups -OCH3 is 1. The second kappa shape index (κ2) is 7.75. The third-order valence-electron chi connectivity index (χ3n) is 10.00. The van der Waals surface area contributed by atoms with Gasteiger partial charge in [-0.05, 0) is 53.7 Å². The molecule has 2 saturated heterocycles. The molecule has 2 aliphatic carbocycles. The number of esters is 1. The van der Waals surface area contributed by atoms with Crippen molar-refractivity contribution in [2.45, 2.75) is 76.0 Å². The maximum atomic E-state index is 14.4. The van der Waals surface area contributed by atoms with E-state index in [0.29, 0.717) is 18.5 Å². The lowest BCUT2D eigenvalue weighted by Crippen LogP contribution is -2.57. The Bertz CT molecular complexity index is 1240. The summed E-state index contributed by atoms with van der Waals surface area (Å²) in [5.41, 5.74) is 2.10. The average Bonchev–Trinajstić information content (AvgIpc) is 3.27. The lowest BCUT2D eigenvalue weighted by Gasteiger charge is -2.52. The lowest BCUT2D eigenvalue weighted by atomic mass is 9.51. The molecule has 0 saturated carbocycles. The summed E-state index contributed by atoms with van der Waals surface area (Å²) < 4.78 is 11.9. The van der Waals surface area contributed by atoms with E-state index in [1.54, 1.807) is 6.08 Å². The van der Waals surface area contributed by atoms with Crippen LogP contribution in [0.25, 0.3) is 6.08 Å². The van der Waals surface area contributed by atoms with Crippen LogP contribution in [0, 0.1) is 5.41 Å². The van der Waals surface area contributed by atoms with Crippen LogP contribution < -0.4 is 0 Å². The minimum Gasteiger partial charge on any atom is -0.468 e. The molecule has 36 heavy (non-hydrogen) atoms. The molecule has 1 aromatic rings. The van der Waals surface area contributed by atoms with Crippen LogP contribution in [0.1, 0.15) is 73.5 Å². The van der Waals surface area contributed by atoms with E-state index in [0.717, 1.165) is 22.3 Å². The van der Waals surface area contributed by atoms with Crippen molar-refractivity contribution in [3.05, 3.63) is 52.6 Å². The minimum absolute atomic E-state index is 0.000876. The Morgan fingerprint density at radius 1 is 1.22 bits per heavy atom. The predicted octanol–water partition coefficient (Wildman–Crippen LogP) is 4.99. The summed E-state index contributed by atoms with van der Waals surface area (Å²) in [4.78, 5) is 42.8. The molecular formula is C29H37NO5Si. The molecule has 192 valence electrons. The Morgan fingerprint density at radius 2 is 1.92 bits per heavy atom. The number of carbonyl (C=O) groups excluding carboxylic acids is 3. The third kappa shape index (κ3) is 2.96. The third-order valence-corrected chi connectivity index (χ3v) is 14.5. The fourth-order valence-corrected chi connectivity index (χ4v) is 8.00. The topological polar surface area (TPSA) is 72.9 Å². The fourth-order valence-electron chi connectivity index (χ4n) is 6.96. The summed E-state index contributed by atoms with van der Waals surface area (Å²) >= 11 is 0. The average molecular weight is 508 g/mol. The first kappa shape index (κ1) is 25.1. The summed E-state index contributed by atoms with van der Waals surface area (Å²) in [5, 5.41) is 0.000876. The van der Waals surface area contributed by atoms with Crippen LogP contribution in [0.4, 0.5) is 0 Å². The maximum absolute atomic E-state index is 14.4. The Hall–Kier alpha value is -2.51. The number of ketones is 1. The van der Waals surface area contributed by atoms with Gasteiger partial charge in [-0.15, -0.1) is 0 Å². The summed E-state index contributed by atoms with van der Waals surface area (Å²) in [7, 11) is -0.759. The van der Waals surface area contributed by atoms with E-state index in [4.69, 9.17) is 9.16 Å². The van der Waals surface area contributed by atoms with Gasteiger partial charge in [0, 0.05) is 36.1 Å². The Morgan fingerprint density at radius 3 is 2.56 bits per heavy atom. The number of nitrogens with zero attached hydrogens (tertiary/aromatic N) is 1. The number of fused-ring (bicyclic) bond motifs is 6. The molecule has 0 radical (unpaired) electrons. The molecule has 2 aliphatic heterocycles. The SMILES string of the molecule is C=C1CN2C(=O)[C@](CCO[Si](C)(C)C(C)(C)C)(C(=O)OC)[C@@]3(C)c4c(ccc5c4C=CC5=O)[C@@H]1C[C@@H]23. The molecule has 0 spiro atoms. The number of carbonyl (C=O) groups is 3. The molecule has 6 nitrogen and oxygen atoms in total. The van der Waals surface area contributed by atoms with Crippen molar-refractivity contribution in [3.8, 4) is 0 Å². The van der Waals surface area contributed by atoms with E-state index < -0.39 is 25.1 Å². The molecule has 7 heteroatoms. The lowest BCUT2D eigenvalue weighted by molar-refractivity contribution is -0.163. The summed E-state index contributed by atoms with van der Waals surface area (Å²) in [6, 6.07) is 3.72. The van der Waals surface area contributed by atoms with Gasteiger partial charge in [-0.25, -0.2) is 0 Å². The Labute approximate surface area is 214 Å². The number of allylic oxidation sites excluding steroid dienone is 1. The number of piperidine rings is 1. The van der Waals surface area contributed by atoms with Crippen molar-refractivity contribution in [1.29, 1.82) is 0 Å². The highest BCUT2D eigenvalue weighted by molar-refractivity contribution is 6.74. The standard InChI is InChI=1S/C29H37NO5Si/c1-17-16-30-23-15-21(17)20-10-9-18-19(11-12-22(18)31)24(20)28(23,5)29(25(30)32,26(33)34-6)13-14-35-36(7,8)27(2,3)4/h9-12,21,23H,1,13-16H2,2-8H3/t21-,23-,28-,29-/m1/s1. The van der Waals surface area contributed by atoms with Gasteiger partial charge in [0.1, 0.15) is 0 Å². The highest BCUT2D eigenvalue weighted by atomic mass is 28.4. The summed E-state index contributed by atoms with van der Waals surface area (Å²) in [6.07, 6.45) is 4.38. The number of hydrogen-bond donors (Lipinski definition) is 0. The van der Waals surface area contributed by atoms with Crippen LogP contribution in [-0.2, 0) is 24.2 Å². The van der Waals surface area contributed by atoms with Crippen LogP contribution in [0.5, 0.6) is 0 Å². The molecule has 0 aromatic heterocycles. The van der Waals surface area contributed by atoms with Crippen molar-refractivity contribution in [3.63, 3.8) is 0 Å². The van der Waals surface area contributed by atoms with Crippen LogP contribution >= 0.6 is 0 Å². The highest BCUT2D eigenvalue weighted by Gasteiger charge is 2.74. The zero-order valence-electron chi connectivity index (χ0n) is 22.5. The van der Waals surface area contributed by atoms with E-state index >= 15 is 0 Å². The van der Waals surface area contributed by atoms with Gasteiger partial charge in [0.2, 0.25) is 5.91 Å². The summed E-state index contributed by atoms with van der Waals surface area (Å²) in [6.45, 7) is 18.0. The second-order valence-electron chi connectivity index (χ2n) is 12.5. The van der Waals surface area contributed by atoms with Crippen LogP contribution in [0.2, 0.25) is 18.1 Å². The molecule has 1 amide bonds. The van der Waals surface area contributed by atoms with Crippen LogP contribution in [0.15, 0.2) is 30.4 Å². The largest absolute Gasteiger partial charge is 0.468 e. The quantitative estimate of drug-likeness (QED) is 0.243. The molecular weight excluding hydrogens is 470 g/mol. The minimum atomic E-state index is -2.12. The molecule has 0 unspecified atom stereocenters. The maximum Gasteiger partial charge on any atom is 0.322 e. The van der Waals surface area contributed by atoms with Crippen LogP contribution in [-0.4, -0.2) is 57.2 Å². The predicted molar refractivity (Wildman–Crippen MR) is 141 cm³/mol. The van der Waals surface area contributed by atoms with Crippen molar-refractivity contribution in [1.82, 2.24) is 4.90 Å². The van der Waals surface area contributed by atoms with Crippen molar-refractivity contribution in [2.24, 2.45) is 5.41 Å². The number of benzene rings is 1. The van der Waals surface area contributed by atoms with Gasteiger partial charge in [0.05, 0.1) is 7.11 Å². The number of amides is 1. The van der Waals surface area contributed by atoms with Gasteiger partial charge < -0.3 is 14.1 Å². The first-order chi connectivity index (χ1) is 16.7. The normalized spacial score (nSPS) is 30.5.